The molecule has 1 aromatic carbocycles. The number of nitrogens with one attached hydrogen (secondary N) is 1. The summed E-state index contributed by atoms with van der Waals surface area (Å²) >= 11 is 0. The lowest BCUT2D eigenvalue weighted by Crippen LogP contribution is -2.37. The Morgan fingerprint density at radius 1 is 1.39 bits per heavy atom. The van der Waals surface area contributed by atoms with Crippen molar-refractivity contribution in [2.45, 2.75) is 32.4 Å². The van der Waals surface area contributed by atoms with Crippen LogP contribution in [-0.4, -0.2) is 30.8 Å². The first-order valence-corrected chi connectivity index (χ1v) is 6.63. The number of aliphatic hydroxyl groups is 1. The first-order valence-electron chi connectivity index (χ1n) is 6.63. The molecule has 1 aliphatic rings. The Morgan fingerprint density at radius 3 is 2.78 bits per heavy atom. The van der Waals surface area contributed by atoms with Crippen molar-refractivity contribution in [2.75, 3.05) is 24.5 Å². The Hall–Kier alpha value is -1.13. The van der Waals surface area contributed by atoms with E-state index in [0.29, 0.717) is 12.2 Å². The first kappa shape index (κ1) is 13.3. The van der Waals surface area contributed by atoms with E-state index >= 15 is 0 Å². The van der Waals surface area contributed by atoms with Gasteiger partial charge in [-0.05, 0) is 31.0 Å². The van der Waals surface area contributed by atoms with E-state index < -0.39 is 0 Å². The van der Waals surface area contributed by atoms with Crippen molar-refractivity contribution in [3.63, 3.8) is 0 Å². The SMILES string of the molecule is CCNCc1cccc(F)c1N1CCC(O)CC1. The molecule has 0 spiro atoms. The maximum Gasteiger partial charge on any atom is 0.146 e. The van der Waals surface area contributed by atoms with Gasteiger partial charge in [-0.2, -0.15) is 0 Å². The van der Waals surface area contributed by atoms with Crippen molar-refractivity contribution in [3.8, 4) is 0 Å². The minimum Gasteiger partial charge on any atom is -0.393 e. The van der Waals surface area contributed by atoms with Gasteiger partial charge in [0.25, 0.3) is 0 Å². The Morgan fingerprint density at radius 2 is 2.11 bits per heavy atom. The van der Waals surface area contributed by atoms with Gasteiger partial charge >= 0.3 is 0 Å². The van der Waals surface area contributed by atoms with Crippen LogP contribution in [0.25, 0.3) is 0 Å². The highest BCUT2D eigenvalue weighted by molar-refractivity contribution is 5.55. The lowest BCUT2D eigenvalue weighted by Gasteiger charge is -2.33. The van der Waals surface area contributed by atoms with Crippen LogP contribution in [0.1, 0.15) is 25.3 Å². The maximum atomic E-state index is 14.0. The number of hydrogen-bond acceptors (Lipinski definition) is 3. The molecular formula is C14H21FN2O. The molecule has 1 heterocycles. The van der Waals surface area contributed by atoms with Crippen LogP contribution in [0.4, 0.5) is 10.1 Å². The van der Waals surface area contributed by atoms with Crippen LogP contribution >= 0.6 is 0 Å². The average Bonchev–Trinajstić information content (AvgIpc) is 2.38. The number of hydrogen-bond donors (Lipinski definition) is 2. The molecule has 0 atom stereocenters. The van der Waals surface area contributed by atoms with Gasteiger partial charge in [-0.25, -0.2) is 4.39 Å². The van der Waals surface area contributed by atoms with Crippen LogP contribution in [0.15, 0.2) is 18.2 Å². The second kappa shape index (κ2) is 6.16. The third-order valence-corrected chi connectivity index (χ3v) is 3.42. The van der Waals surface area contributed by atoms with Gasteiger partial charge in [-0.3, -0.25) is 0 Å². The number of aliphatic hydroxyl groups excluding tert-OH is 1. The van der Waals surface area contributed by atoms with Crippen LogP contribution in [0.2, 0.25) is 0 Å². The van der Waals surface area contributed by atoms with Crippen molar-refractivity contribution in [1.29, 1.82) is 0 Å². The highest BCUT2D eigenvalue weighted by Crippen LogP contribution is 2.27. The molecule has 2 rings (SSSR count). The van der Waals surface area contributed by atoms with Gasteiger partial charge in [-0.1, -0.05) is 19.1 Å². The van der Waals surface area contributed by atoms with Crippen molar-refractivity contribution in [1.82, 2.24) is 5.32 Å². The van der Waals surface area contributed by atoms with Gasteiger partial charge in [0, 0.05) is 19.6 Å². The van der Waals surface area contributed by atoms with Crippen molar-refractivity contribution in [2.24, 2.45) is 0 Å². The molecule has 2 N–H and O–H groups in total. The zero-order valence-corrected chi connectivity index (χ0v) is 10.8. The fourth-order valence-electron chi connectivity index (χ4n) is 2.41. The molecule has 0 bridgehead atoms. The zero-order chi connectivity index (χ0) is 13.0. The Bertz CT molecular complexity index is 389. The minimum absolute atomic E-state index is 0.165. The average molecular weight is 252 g/mol. The summed E-state index contributed by atoms with van der Waals surface area (Å²) in [5, 5.41) is 12.8. The van der Waals surface area contributed by atoms with Crippen molar-refractivity contribution < 1.29 is 9.50 Å². The molecule has 0 unspecified atom stereocenters. The number of halogens is 1. The van der Waals surface area contributed by atoms with Gasteiger partial charge in [-0.15, -0.1) is 0 Å². The van der Waals surface area contributed by atoms with E-state index in [9.17, 15) is 9.50 Å². The second-order valence-corrected chi connectivity index (χ2v) is 4.75. The van der Waals surface area contributed by atoms with E-state index in [-0.39, 0.29) is 11.9 Å². The molecule has 1 aliphatic heterocycles. The van der Waals surface area contributed by atoms with Crippen molar-refractivity contribution in [3.05, 3.63) is 29.6 Å². The van der Waals surface area contributed by atoms with Crippen molar-refractivity contribution >= 4 is 5.69 Å². The molecule has 3 nitrogen and oxygen atoms in total. The summed E-state index contributed by atoms with van der Waals surface area (Å²) < 4.78 is 14.0. The van der Waals surface area contributed by atoms with E-state index in [1.165, 1.54) is 6.07 Å². The summed E-state index contributed by atoms with van der Waals surface area (Å²) in [7, 11) is 0. The zero-order valence-electron chi connectivity index (χ0n) is 10.8. The number of anilines is 1. The fraction of sp³-hybridized carbons (Fsp3) is 0.571. The third kappa shape index (κ3) is 3.00. The molecule has 0 aliphatic carbocycles. The largest absolute Gasteiger partial charge is 0.393 e. The second-order valence-electron chi connectivity index (χ2n) is 4.75. The van der Waals surface area contributed by atoms with Crippen LogP contribution in [0.5, 0.6) is 0 Å². The molecule has 0 amide bonds. The molecule has 0 aromatic heterocycles. The molecule has 0 saturated carbocycles. The highest BCUT2D eigenvalue weighted by Gasteiger charge is 2.21. The van der Waals surface area contributed by atoms with Crippen LogP contribution in [0, 0.1) is 5.82 Å². The number of para-hydroxylation sites is 1. The summed E-state index contributed by atoms with van der Waals surface area (Å²) in [6.45, 7) is 5.04. The van der Waals surface area contributed by atoms with Gasteiger partial charge in [0.15, 0.2) is 0 Å². The lowest BCUT2D eigenvalue weighted by molar-refractivity contribution is 0.145. The van der Waals surface area contributed by atoms with Gasteiger partial charge in [0.2, 0.25) is 0 Å². The Balaban J connectivity index is 2.19. The third-order valence-electron chi connectivity index (χ3n) is 3.42. The summed E-state index contributed by atoms with van der Waals surface area (Å²) in [4.78, 5) is 2.05. The maximum absolute atomic E-state index is 14.0. The van der Waals surface area contributed by atoms with E-state index in [0.717, 1.165) is 38.0 Å². The smallest absolute Gasteiger partial charge is 0.146 e. The summed E-state index contributed by atoms with van der Waals surface area (Å²) in [6, 6.07) is 5.23. The quantitative estimate of drug-likeness (QED) is 0.859. The molecule has 0 radical (unpaired) electrons. The normalized spacial score (nSPS) is 17.2. The molecule has 4 heteroatoms. The number of rotatable bonds is 4. The van der Waals surface area contributed by atoms with E-state index in [1.807, 2.05) is 13.0 Å². The first-order chi connectivity index (χ1) is 8.72. The topological polar surface area (TPSA) is 35.5 Å². The van der Waals surface area contributed by atoms with E-state index in [2.05, 4.69) is 10.2 Å². The molecular weight excluding hydrogens is 231 g/mol. The molecule has 1 fully saturated rings. The Labute approximate surface area is 108 Å². The standard InChI is InChI=1S/C14H21FN2O/c1-2-16-10-11-4-3-5-13(15)14(11)17-8-6-12(18)7-9-17/h3-5,12,16,18H,2,6-10H2,1H3. The van der Waals surface area contributed by atoms with Crippen LogP contribution < -0.4 is 10.2 Å². The minimum atomic E-state index is -0.231. The number of nitrogens with zero attached hydrogens (tertiary/aromatic N) is 1. The van der Waals surface area contributed by atoms with Crippen LogP contribution in [0.3, 0.4) is 0 Å². The summed E-state index contributed by atoms with van der Waals surface area (Å²) in [5.74, 6) is -0.165. The fourth-order valence-corrected chi connectivity index (χ4v) is 2.41. The number of benzene rings is 1. The summed E-state index contributed by atoms with van der Waals surface area (Å²) in [6.07, 6.45) is 1.20. The molecule has 18 heavy (non-hydrogen) atoms. The Kier molecular flexibility index (Phi) is 4.55. The van der Waals surface area contributed by atoms with Gasteiger partial charge < -0.3 is 15.3 Å². The lowest BCUT2D eigenvalue weighted by atomic mass is 10.0. The monoisotopic (exact) mass is 252 g/mol. The van der Waals surface area contributed by atoms with E-state index in [4.69, 9.17) is 0 Å². The molecule has 1 aromatic rings. The predicted molar refractivity (Wildman–Crippen MR) is 71.2 cm³/mol. The molecule has 1 saturated heterocycles. The van der Waals surface area contributed by atoms with E-state index in [1.54, 1.807) is 6.07 Å². The van der Waals surface area contributed by atoms with Gasteiger partial charge in [0.1, 0.15) is 5.82 Å². The molecule has 100 valence electrons. The number of piperidine rings is 1. The summed E-state index contributed by atoms with van der Waals surface area (Å²) in [5.41, 5.74) is 1.69. The highest BCUT2D eigenvalue weighted by atomic mass is 19.1. The van der Waals surface area contributed by atoms with Crippen LogP contribution in [-0.2, 0) is 6.54 Å². The van der Waals surface area contributed by atoms with Gasteiger partial charge in [0.05, 0.1) is 11.8 Å². The predicted octanol–water partition coefficient (Wildman–Crippen LogP) is 1.90.